The highest BCUT2D eigenvalue weighted by atomic mass is 32.1. The first-order valence-corrected chi connectivity index (χ1v) is 4.21. The molecule has 0 aromatic rings. The minimum atomic E-state index is -1.16. The first-order valence-electron chi connectivity index (χ1n) is 3.80. The monoisotopic (exact) mass is 201 g/mol. The third kappa shape index (κ3) is 2.15. The molecule has 0 aliphatic carbocycles. The van der Waals surface area contributed by atoms with E-state index in [4.69, 9.17) is 12.2 Å². The summed E-state index contributed by atoms with van der Waals surface area (Å²) in [7, 11) is 1.55. The van der Waals surface area contributed by atoms with E-state index in [9.17, 15) is 14.7 Å². The van der Waals surface area contributed by atoms with Crippen LogP contribution in [0.15, 0.2) is 0 Å². The Hall–Kier alpha value is -1.17. The number of aliphatic carboxylic acids is 1. The number of rotatable bonds is 3. The van der Waals surface area contributed by atoms with Crippen molar-refractivity contribution in [3.8, 4) is 0 Å². The molecule has 13 heavy (non-hydrogen) atoms. The summed E-state index contributed by atoms with van der Waals surface area (Å²) in [6.07, 6.45) is 0.0749. The normalized spacial score (nSPS) is 21.9. The van der Waals surface area contributed by atoms with E-state index in [2.05, 4.69) is 5.32 Å². The summed E-state index contributed by atoms with van der Waals surface area (Å²) in [6, 6.07) is -0.504. The van der Waals surface area contributed by atoms with E-state index in [1.165, 1.54) is 4.90 Å². The molecule has 72 valence electrons. The number of thiocarbonyl (C=S) groups is 1. The fourth-order valence-corrected chi connectivity index (χ4v) is 1.33. The van der Waals surface area contributed by atoms with Gasteiger partial charge in [-0.1, -0.05) is 0 Å². The minimum Gasteiger partial charge on any atom is -0.550 e. The number of amides is 1. The van der Waals surface area contributed by atoms with Crippen LogP contribution in [0.5, 0.6) is 0 Å². The lowest BCUT2D eigenvalue weighted by atomic mass is 10.1. The third-order valence-electron chi connectivity index (χ3n) is 1.87. The molecule has 1 aliphatic heterocycles. The molecule has 0 radical (unpaired) electrons. The molecule has 1 unspecified atom stereocenters. The zero-order valence-corrected chi connectivity index (χ0v) is 7.89. The summed E-state index contributed by atoms with van der Waals surface area (Å²) in [5.41, 5.74) is 0. The first-order chi connectivity index (χ1) is 6.02. The van der Waals surface area contributed by atoms with Crippen molar-refractivity contribution in [2.75, 3.05) is 7.05 Å². The molecule has 0 saturated carbocycles. The van der Waals surface area contributed by atoms with Crippen LogP contribution in [0.3, 0.4) is 0 Å². The van der Waals surface area contributed by atoms with Gasteiger partial charge in [0.25, 0.3) is 5.91 Å². The van der Waals surface area contributed by atoms with Gasteiger partial charge in [0, 0.05) is 13.0 Å². The summed E-state index contributed by atoms with van der Waals surface area (Å²) < 4.78 is 0. The number of carboxylic acids is 1. The molecule has 0 aromatic carbocycles. The van der Waals surface area contributed by atoms with Gasteiger partial charge in [0.2, 0.25) is 0 Å². The van der Waals surface area contributed by atoms with Gasteiger partial charge in [-0.25, -0.2) is 0 Å². The van der Waals surface area contributed by atoms with Crippen LogP contribution in [-0.4, -0.2) is 35.0 Å². The van der Waals surface area contributed by atoms with Crippen molar-refractivity contribution in [1.29, 1.82) is 0 Å². The Kier molecular flexibility index (Phi) is 2.82. The molecule has 1 fully saturated rings. The summed E-state index contributed by atoms with van der Waals surface area (Å²) in [4.78, 5) is 22.7. The quantitative estimate of drug-likeness (QED) is 0.547. The van der Waals surface area contributed by atoms with E-state index < -0.39 is 12.0 Å². The number of carboxylic acid groups (broad SMARTS) is 1. The molecular formula is C7H9N2O3S-. The summed E-state index contributed by atoms with van der Waals surface area (Å²) in [5.74, 6) is -1.35. The van der Waals surface area contributed by atoms with Crippen LogP contribution in [0.4, 0.5) is 0 Å². The Morgan fingerprint density at radius 1 is 1.77 bits per heavy atom. The van der Waals surface area contributed by atoms with Crippen molar-refractivity contribution in [2.24, 2.45) is 0 Å². The van der Waals surface area contributed by atoms with E-state index in [1.807, 2.05) is 0 Å². The standard InChI is InChI=1S/C7H10N2O3S/c1-9-6(12)4(8-7(9)13)2-3-5(10)11/h4H,2-3H2,1H3,(H,8,13)(H,10,11)/p-1. The number of nitrogens with one attached hydrogen (secondary N) is 1. The first kappa shape index (κ1) is 9.91. The van der Waals surface area contributed by atoms with Crippen LogP contribution in [0.25, 0.3) is 0 Å². The molecule has 5 nitrogen and oxygen atoms in total. The van der Waals surface area contributed by atoms with Gasteiger partial charge in [0.05, 0.1) is 0 Å². The van der Waals surface area contributed by atoms with Crippen molar-refractivity contribution >= 4 is 29.2 Å². The van der Waals surface area contributed by atoms with E-state index in [0.29, 0.717) is 5.11 Å². The highest BCUT2D eigenvalue weighted by Crippen LogP contribution is 2.08. The number of likely N-dealkylation sites (N-methyl/N-ethyl adjacent to an activating group) is 1. The summed E-state index contributed by atoms with van der Waals surface area (Å²) in [6.45, 7) is 0. The number of carbonyl (C=O) groups is 2. The Balaban J connectivity index is 2.49. The molecule has 6 heteroatoms. The highest BCUT2D eigenvalue weighted by molar-refractivity contribution is 7.80. The van der Waals surface area contributed by atoms with Crippen molar-refractivity contribution in [1.82, 2.24) is 10.2 Å². The van der Waals surface area contributed by atoms with E-state index >= 15 is 0 Å². The van der Waals surface area contributed by atoms with Crippen LogP contribution < -0.4 is 10.4 Å². The van der Waals surface area contributed by atoms with Crippen molar-refractivity contribution < 1.29 is 14.7 Å². The number of hydrogen-bond donors (Lipinski definition) is 1. The smallest absolute Gasteiger partial charge is 0.251 e. The Bertz CT molecular complexity index is 266. The van der Waals surface area contributed by atoms with E-state index in [0.717, 1.165) is 0 Å². The number of nitrogens with zero attached hydrogens (tertiary/aromatic N) is 1. The van der Waals surface area contributed by atoms with Gasteiger partial charge in [0.15, 0.2) is 5.11 Å². The molecule has 1 heterocycles. The van der Waals surface area contributed by atoms with Crippen LogP contribution in [0.2, 0.25) is 0 Å². The largest absolute Gasteiger partial charge is 0.550 e. The lowest BCUT2D eigenvalue weighted by Crippen LogP contribution is -2.32. The SMILES string of the molecule is CN1C(=O)C(CCC(=O)[O-])NC1=S. The molecular weight excluding hydrogens is 192 g/mol. The van der Waals surface area contributed by atoms with E-state index in [-0.39, 0.29) is 18.7 Å². The molecule has 1 amide bonds. The predicted molar refractivity (Wildman–Crippen MR) is 46.5 cm³/mol. The topological polar surface area (TPSA) is 72.5 Å². The van der Waals surface area contributed by atoms with Crippen molar-refractivity contribution in [2.45, 2.75) is 18.9 Å². The summed E-state index contributed by atoms with van der Waals surface area (Å²) in [5, 5.41) is 13.2. The molecule has 1 atom stereocenters. The van der Waals surface area contributed by atoms with E-state index in [1.54, 1.807) is 7.05 Å². The van der Waals surface area contributed by atoms with Gasteiger partial charge in [-0.2, -0.15) is 0 Å². The maximum Gasteiger partial charge on any atom is 0.251 e. The van der Waals surface area contributed by atoms with Gasteiger partial charge < -0.3 is 15.2 Å². The van der Waals surface area contributed by atoms with Gasteiger partial charge >= 0.3 is 0 Å². The van der Waals surface area contributed by atoms with Crippen LogP contribution >= 0.6 is 12.2 Å². The lowest BCUT2D eigenvalue weighted by molar-refractivity contribution is -0.305. The second kappa shape index (κ2) is 3.69. The minimum absolute atomic E-state index is 0.139. The average molecular weight is 201 g/mol. The fraction of sp³-hybridized carbons (Fsp3) is 0.571. The van der Waals surface area contributed by atoms with Crippen LogP contribution in [-0.2, 0) is 9.59 Å². The van der Waals surface area contributed by atoms with Crippen LogP contribution in [0, 0.1) is 0 Å². The molecule has 1 aliphatic rings. The second-order valence-corrected chi connectivity index (χ2v) is 3.20. The Morgan fingerprint density at radius 2 is 2.38 bits per heavy atom. The zero-order valence-electron chi connectivity index (χ0n) is 7.07. The Morgan fingerprint density at radius 3 is 2.77 bits per heavy atom. The third-order valence-corrected chi connectivity index (χ3v) is 2.26. The molecule has 0 bridgehead atoms. The Labute approximate surface area is 80.7 Å². The summed E-state index contributed by atoms with van der Waals surface area (Å²) >= 11 is 4.81. The number of hydrogen-bond acceptors (Lipinski definition) is 4. The molecule has 0 aromatic heterocycles. The van der Waals surface area contributed by atoms with Gasteiger partial charge in [-0.15, -0.1) is 0 Å². The van der Waals surface area contributed by atoms with Crippen LogP contribution in [0.1, 0.15) is 12.8 Å². The van der Waals surface area contributed by atoms with Gasteiger partial charge in [-0.05, 0) is 25.1 Å². The second-order valence-electron chi connectivity index (χ2n) is 2.81. The zero-order chi connectivity index (χ0) is 10.0. The average Bonchev–Trinajstić information content (AvgIpc) is 2.29. The number of carbonyl (C=O) groups excluding carboxylic acids is 2. The highest BCUT2D eigenvalue weighted by Gasteiger charge is 2.31. The molecule has 1 rings (SSSR count). The van der Waals surface area contributed by atoms with Crippen molar-refractivity contribution in [3.05, 3.63) is 0 Å². The van der Waals surface area contributed by atoms with Gasteiger partial charge in [-0.3, -0.25) is 9.69 Å². The maximum absolute atomic E-state index is 11.3. The molecule has 0 spiro atoms. The van der Waals surface area contributed by atoms with Gasteiger partial charge in [0.1, 0.15) is 6.04 Å². The van der Waals surface area contributed by atoms with Crippen molar-refractivity contribution in [3.63, 3.8) is 0 Å². The molecule has 1 N–H and O–H groups in total. The lowest BCUT2D eigenvalue weighted by Gasteiger charge is -2.07. The maximum atomic E-state index is 11.3. The fourth-order valence-electron chi connectivity index (χ4n) is 1.10. The predicted octanol–water partition coefficient (Wildman–Crippen LogP) is -1.77. The molecule has 1 saturated heterocycles.